The van der Waals surface area contributed by atoms with Gasteiger partial charge in [0.1, 0.15) is 5.82 Å². The van der Waals surface area contributed by atoms with Crippen molar-refractivity contribution in [2.75, 3.05) is 19.7 Å². The van der Waals surface area contributed by atoms with Crippen molar-refractivity contribution in [3.05, 3.63) is 35.6 Å². The zero-order valence-electron chi connectivity index (χ0n) is 10.4. The first kappa shape index (κ1) is 13.5. The van der Waals surface area contributed by atoms with Crippen LogP contribution in [0.2, 0.25) is 0 Å². The summed E-state index contributed by atoms with van der Waals surface area (Å²) in [6.45, 7) is 1.94. The third-order valence-corrected chi connectivity index (χ3v) is 3.04. The van der Waals surface area contributed by atoms with Crippen LogP contribution in [0.3, 0.4) is 0 Å². The van der Waals surface area contributed by atoms with E-state index in [9.17, 15) is 9.50 Å². The Labute approximate surface area is 107 Å². The van der Waals surface area contributed by atoms with Gasteiger partial charge in [-0.15, -0.1) is 0 Å². The number of nitrogens with one attached hydrogen (secondary N) is 1. The predicted molar refractivity (Wildman–Crippen MR) is 67.7 cm³/mol. The second-order valence-corrected chi connectivity index (χ2v) is 4.86. The minimum Gasteiger partial charge on any atom is -0.389 e. The molecule has 0 saturated heterocycles. The highest BCUT2D eigenvalue weighted by Gasteiger charge is 2.20. The molecule has 1 aromatic rings. The second-order valence-electron chi connectivity index (χ2n) is 4.86. The summed E-state index contributed by atoms with van der Waals surface area (Å²) in [5.41, 5.74) is 0.524. The molecule has 100 valence electrons. The minimum absolute atomic E-state index is 0.201. The fourth-order valence-electron chi connectivity index (χ4n) is 1.76. The quantitative estimate of drug-likeness (QED) is 0.741. The highest BCUT2D eigenvalue weighted by Crippen LogP contribution is 2.27. The van der Waals surface area contributed by atoms with E-state index in [0.717, 1.165) is 12.5 Å². The monoisotopic (exact) mass is 253 g/mol. The number of hydrogen-bond donors (Lipinski definition) is 2. The Kier molecular flexibility index (Phi) is 5.11. The number of aliphatic hydroxyl groups excluding tert-OH is 1. The van der Waals surface area contributed by atoms with E-state index in [1.807, 2.05) is 0 Å². The van der Waals surface area contributed by atoms with Crippen molar-refractivity contribution in [3.8, 4) is 0 Å². The van der Waals surface area contributed by atoms with Crippen molar-refractivity contribution >= 4 is 0 Å². The summed E-state index contributed by atoms with van der Waals surface area (Å²) >= 11 is 0. The summed E-state index contributed by atoms with van der Waals surface area (Å²) < 4.78 is 18.6. The lowest BCUT2D eigenvalue weighted by molar-refractivity contribution is 0.0278. The molecule has 1 atom stereocenters. The van der Waals surface area contributed by atoms with Crippen molar-refractivity contribution < 1.29 is 14.2 Å². The Morgan fingerprint density at radius 1 is 1.39 bits per heavy atom. The van der Waals surface area contributed by atoms with E-state index in [0.29, 0.717) is 12.1 Å². The topological polar surface area (TPSA) is 41.5 Å². The van der Waals surface area contributed by atoms with Crippen LogP contribution < -0.4 is 5.32 Å². The Bertz CT molecular complexity index is 369. The molecular formula is C14H20FNO2. The second kappa shape index (κ2) is 6.83. The zero-order chi connectivity index (χ0) is 12.8. The van der Waals surface area contributed by atoms with Crippen LogP contribution in [0.4, 0.5) is 4.39 Å². The largest absolute Gasteiger partial charge is 0.389 e. The molecule has 2 N–H and O–H groups in total. The summed E-state index contributed by atoms with van der Waals surface area (Å²) in [5.74, 6) is 0.537. The maximum Gasteiger partial charge on any atom is 0.128 e. The molecule has 0 aliphatic heterocycles. The van der Waals surface area contributed by atoms with Gasteiger partial charge in [0, 0.05) is 12.1 Å². The molecule has 4 heteroatoms. The maximum atomic E-state index is 13.3. The molecule has 3 nitrogen and oxygen atoms in total. The number of halogens is 1. The van der Waals surface area contributed by atoms with E-state index in [2.05, 4.69) is 5.32 Å². The SMILES string of the molecule is OC(CNCC1CC1)COCc1ccccc1F. The van der Waals surface area contributed by atoms with Crippen LogP contribution in [0, 0.1) is 11.7 Å². The Hall–Kier alpha value is -0.970. The van der Waals surface area contributed by atoms with E-state index in [-0.39, 0.29) is 19.0 Å². The molecule has 0 amide bonds. The first-order valence-electron chi connectivity index (χ1n) is 6.45. The molecule has 0 heterocycles. The lowest BCUT2D eigenvalue weighted by atomic mass is 10.2. The van der Waals surface area contributed by atoms with Crippen molar-refractivity contribution in [1.82, 2.24) is 5.32 Å². The van der Waals surface area contributed by atoms with Gasteiger partial charge >= 0.3 is 0 Å². The predicted octanol–water partition coefficient (Wildman–Crippen LogP) is 1.70. The average Bonchev–Trinajstić information content (AvgIpc) is 3.16. The molecule has 0 bridgehead atoms. The summed E-state index contributed by atoms with van der Waals surface area (Å²) in [6.07, 6.45) is 2.07. The van der Waals surface area contributed by atoms with E-state index < -0.39 is 6.10 Å². The van der Waals surface area contributed by atoms with Crippen LogP contribution in [0.5, 0.6) is 0 Å². The fraction of sp³-hybridized carbons (Fsp3) is 0.571. The van der Waals surface area contributed by atoms with Crippen LogP contribution >= 0.6 is 0 Å². The van der Waals surface area contributed by atoms with Gasteiger partial charge in [0.2, 0.25) is 0 Å². The number of aliphatic hydroxyl groups is 1. The van der Waals surface area contributed by atoms with Crippen molar-refractivity contribution in [2.45, 2.75) is 25.6 Å². The van der Waals surface area contributed by atoms with Crippen molar-refractivity contribution in [2.24, 2.45) is 5.92 Å². The lowest BCUT2D eigenvalue weighted by Crippen LogP contribution is -2.31. The molecule has 1 aromatic carbocycles. The lowest BCUT2D eigenvalue weighted by Gasteiger charge is -2.12. The zero-order valence-corrected chi connectivity index (χ0v) is 10.4. The van der Waals surface area contributed by atoms with Gasteiger partial charge in [0.05, 0.1) is 19.3 Å². The maximum absolute atomic E-state index is 13.3. The molecule has 2 rings (SSSR count). The number of ether oxygens (including phenoxy) is 1. The summed E-state index contributed by atoms with van der Waals surface area (Å²) in [5, 5.41) is 12.9. The van der Waals surface area contributed by atoms with Gasteiger partial charge in [-0.3, -0.25) is 0 Å². The molecule has 1 fully saturated rings. The standard InChI is InChI=1S/C14H20FNO2/c15-14-4-2-1-3-12(14)9-18-10-13(17)8-16-7-11-5-6-11/h1-4,11,13,16-17H,5-10H2. The molecule has 1 saturated carbocycles. The average molecular weight is 253 g/mol. The van der Waals surface area contributed by atoms with Gasteiger partial charge in [-0.1, -0.05) is 18.2 Å². The van der Waals surface area contributed by atoms with Crippen molar-refractivity contribution in [1.29, 1.82) is 0 Å². The van der Waals surface area contributed by atoms with Gasteiger partial charge in [0.25, 0.3) is 0 Å². The number of hydrogen-bond acceptors (Lipinski definition) is 3. The minimum atomic E-state index is -0.532. The van der Waals surface area contributed by atoms with Crippen LogP contribution in [0.1, 0.15) is 18.4 Å². The molecule has 1 aliphatic rings. The van der Waals surface area contributed by atoms with Gasteiger partial charge in [-0.25, -0.2) is 4.39 Å². The number of benzene rings is 1. The highest BCUT2D eigenvalue weighted by molar-refractivity contribution is 5.16. The van der Waals surface area contributed by atoms with Gasteiger partial charge in [-0.05, 0) is 31.4 Å². The summed E-state index contributed by atoms with van der Waals surface area (Å²) in [7, 11) is 0. The molecule has 0 spiro atoms. The van der Waals surface area contributed by atoms with Crippen molar-refractivity contribution in [3.63, 3.8) is 0 Å². The van der Waals surface area contributed by atoms with Crippen LogP contribution in [-0.2, 0) is 11.3 Å². The van der Waals surface area contributed by atoms with E-state index in [4.69, 9.17) is 4.74 Å². The molecule has 18 heavy (non-hydrogen) atoms. The normalized spacial score (nSPS) is 16.8. The molecule has 0 radical (unpaired) electrons. The first-order valence-corrected chi connectivity index (χ1v) is 6.45. The Morgan fingerprint density at radius 2 is 2.17 bits per heavy atom. The van der Waals surface area contributed by atoms with Crippen LogP contribution in [0.25, 0.3) is 0 Å². The highest BCUT2D eigenvalue weighted by atomic mass is 19.1. The van der Waals surface area contributed by atoms with E-state index in [1.165, 1.54) is 18.9 Å². The summed E-state index contributed by atoms with van der Waals surface area (Å²) in [4.78, 5) is 0. The molecule has 0 aromatic heterocycles. The van der Waals surface area contributed by atoms with Gasteiger partial charge in [-0.2, -0.15) is 0 Å². The molecule has 1 unspecified atom stereocenters. The Morgan fingerprint density at radius 3 is 2.89 bits per heavy atom. The van der Waals surface area contributed by atoms with Gasteiger partial charge < -0.3 is 15.2 Å². The smallest absolute Gasteiger partial charge is 0.128 e. The third-order valence-electron chi connectivity index (χ3n) is 3.04. The fourth-order valence-corrected chi connectivity index (χ4v) is 1.76. The molecular weight excluding hydrogens is 233 g/mol. The number of rotatable bonds is 8. The van der Waals surface area contributed by atoms with Gasteiger partial charge in [0.15, 0.2) is 0 Å². The third kappa shape index (κ3) is 4.72. The van der Waals surface area contributed by atoms with Crippen LogP contribution in [0.15, 0.2) is 24.3 Å². The first-order chi connectivity index (χ1) is 8.75. The molecule has 1 aliphatic carbocycles. The van der Waals surface area contributed by atoms with E-state index in [1.54, 1.807) is 18.2 Å². The Balaban J connectivity index is 1.57. The summed E-state index contributed by atoms with van der Waals surface area (Å²) in [6, 6.07) is 6.52. The van der Waals surface area contributed by atoms with Crippen LogP contribution in [-0.4, -0.2) is 30.9 Å². The van der Waals surface area contributed by atoms with E-state index >= 15 is 0 Å².